The van der Waals surface area contributed by atoms with Crippen LogP contribution in [-0.2, 0) is 4.79 Å². The van der Waals surface area contributed by atoms with Crippen molar-refractivity contribution in [1.29, 1.82) is 0 Å². The van der Waals surface area contributed by atoms with E-state index < -0.39 is 0 Å². The molecule has 148 valence electrons. The van der Waals surface area contributed by atoms with Gasteiger partial charge in [-0.3, -0.25) is 14.5 Å². The fourth-order valence-corrected chi connectivity index (χ4v) is 3.44. The summed E-state index contributed by atoms with van der Waals surface area (Å²) in [5.74, 6) is 0.246. The molecule has 1 atom stereocenters. The molecule has 0 spiro atoms. The summed E-state index contributed by atoms with van der Waals surface area (Å²) in [7, 11) is 1.55. The third-order valence-corrected chi connectivity index (χ3v) is 5.05. The van der Waals surface area contributed by atoms with Gasteiger partial charge in [0.1, 0.15) is 5.75 Å². The van der Waals surface area contributed by atoms with E-state index in [0.29, 0.717) is 35.3 Å². The molecule has 1 heterocycles. The van der Waals surface area contributed by atoms with E-state index in [9.17, 15) is 9.59 Å². The molecule has 0 unspecified atom stereocenters. The lowest BCUT2D eigenvalue weighted by molar-refractivity contribution is -0.118. The van der Waals surface area contributed by atoms with Crippen molar-refractivity contribution in [2.45, 2.75) is 32.2 Å². The lowest BCUT2D eigenvalue weighted by atomic mass is 10.0. The van der Waals surface area contributed by atoms with Crippen molar-refractivity contribution in [1.82, 2.24) is 4.90 Å². The molecule has 1 fully saturated rings. The smallest absolute Gasteiger partial charge is 0.255 e. The van der Waals surface area contributed by atoms with Crippen molar-refractivity contribution < 1.29 is 14.3 Å². The van der Waals surface area contributed by atoms with Gasteiger partial charge in [0.05, 0.1) is 19.3 Å². The van der Waals surface area contributed by atoms with Crippen molar-refractivity contribution in [3.8, 4) is 5.75 Å². The number of rotatable bonds is 6. The molecular weight excluding hydrogens is 354 g/mol. The summed E-state index contributed by atoms with van der Waals surface area (Å²) in [6, 6.07) is 14.6. The van der Waals surface area contributed by atoms with Crippen molar-refractivity contribution in [3.05, 3.63) is 54.1 Å². The molecule has 2 aromatic carbocycles. The number of piperidine rings is 1. The lowest BCUT2D eigenvalue weighted by Gasteiger charge is -2.32. The number of ether oxygens (including phenoxy) is 1. The number of carbonyl (C=O) groups is 2. The highest BCUT2D eigenvalue weighted by Crippen LogP contribution is 2.28. The van der Waals surface area contributed by atoms with Gasteiger partial charge in [-0.2, -0.15) is 0 Å². The van der Waals surface area contributed by atoms with Gasteiger partial charge in [-0.05, 0) is 56.6 Å². The lowest BCUT2D eigenvalue weighted by Crippen LogP contribution is -2.42. The molecule has 3 rings (SSSR count). The summed E-state index contributed by atoms with van der Waals surface area (Å²) in [6.45, 7) is 3.49. The quantitative estimate of drug-likeness (QED) is 0.799. The molecule has 0 saturated carbocycles. The molecule has 0 aliphatic carbocycles. The Hall–Kier alpha value is -2.86. The summed E-state index contributed by atoms with van der Waals surface area (Å²) in [4.78, 5) is 27.1. The first-order chi connectivity index (χ1) is 13.6. The second-order valence-corrected chi connectivity index (χ2v) is 7.10. The number of nitrogens with zero attached hydrogens (tertiary/aromatic N) is 1. The van der Waals surface area contributed by atoms with Crippen LogP contribution in [0.25, 0.3) is 0 Å². The summed E-state index contributed by atoms with van der Waals surface area (Å²) in [5, 5.41) is 5.78. The summed E-state index contributed by atoms with van der Waals surface area (Å²) in [6.07, 6.45) is 3.49. The van der Waals surface area contributed by atoms with E-state index in [4.69, 9.17) is 4.74 Å². The van der Waals surface area contributed by atoms with E-state index in [1.165, 1.54) is 6.42 Å². The molecular formula is C22H27N3O3. The Bertz CT molecular complexity index is 823. The SMILES string of the molecule is COc1ccc(NC(=O)CN2CCCC[C@@H]2C)cc1NC(=O)c1ccccc1. The predicted molar refractivity (Wildman–Crippen MR) is 111 cm³/mol. The van der Waals surface area contributed by atoms with E-state index in [1.807, 2.05) is 18.2 Å². The Kier molecular flexibility index (Phi) is 6.66. The predicted octanol–water partition coefficient (Wildman–Crippen LogP) is 3.76. The number of likely N-dealkylation sites (tertiary alicyclic amines) is 1. The monoisotopic (exact) mass is 381 g/mol. The molecule has 2 amide bonds. The maximum atomic E-state index is 12.5. The van der Waals surface area contributed by atoms with Crippen LogP contribution in [0.15, 0.2) is 48.5 Å². The van der Waals surface area contributed by atoms with Gasteiger partial charge >= 0.3 is 0 Å². The number of amides is 2. The van der Waals surface area contributed by atoms with Crippen molar-refractivity contribution in [2.24, 2.45) is 0 Å². The fraction of sp³-hybridized carbons (Fsp3) is 0.364. The molecule has 6 heteroatoms. The molecule has 0 bridgehead atoms. The number of methoxy groups -OCH3 is 1. The maximum Gasteiger partial charge on any atom is 0.255 e. The van der Waals surface area contributed by atoms with Crippen molar-refractivity contribution in [3.63, 3.8) is 0 Å². The average molecular weight is 381 g/mol. The topological polar surface area (TPSA) is 70.7 Å². The minimum absolute atomic E-state index is 0.0562. The van der Waals surface area contributed by atoms with Crippen molar-refractivity contribution >= 4 is 23.2 Å². The summed E-state index contributed by atoms with van der Waals surface area (Å²) in [5.41, 5.74) is 1.69. The third kappa shape index (κ3) is 5.10. The number of anilines is 2. The molecule has 6 nitrogen and oxygen atoms in total. The number of nitrogens with one attached hydrogen (secondary N) is 2. The van der Waals surface area contributed by atoms with Gasteiger partial charge in [0, 0.05) is 17.3 Å². The molecule has 2 N–H and O–H groups in total. The Balaban J connectivity index is 1.68. The highest BCUT2D eigenvalue weighted by atomic mass is 16.5. The van der Waals surface area contributed by atoms with Gasteiger partial charge < -0.3 is 15.4 Å². The molecule has 1 aliphatic heterocycles. The molecule has 28 heavy (non-hydrogen) atoms. The molecule has 1 saturated heterocycles. The molecule has 1 aliphatic rings. The zero-order chi connectivity index (χ0) is 19.9. The molecule has 0 radical (unpaired) electrons. The zero-order valence-electron chi connectivity index (χ0n) is 16.4. The van der Waals surface area contributed by atoms with E-state index in [2.05, 4.69) is 22.5 Å². The number of hydrogen-bond acceptors (Lipinski definition) is 4. The number of benzene rings is 2. The molecule has 2 aromatic rings. The van der Waals surface area contributed by atoms with Gasteiger partial charge in [0.2, 0.25) is 5.91 Å². The first kappa shape index (κ1) is 19.9. The van der Waals surface area contributed by atoms with Gasteiger partial charge in [0.15, 0.2) is 0 Å². The van der Waals surface area contributed by atoms with Gasteiger partial charge in [0.25, 0.3) is 5.91 Å². The first-order valence-electron chi connectivity index (χ1n) is 9.65. The van der Waals surface area contributed by atoms with Crippen LogP contribution in [0, 0.1) is 0 Å². The molecule has 0 aromatic heterocycles. The standard InChI is InChI=1S/C22H27N3O3/c1-16-8-6-7-13-25(16)15-21(26)23-18-11-12-20(28-2)19(14-18)24-22(27)17-9-4-3-5-10-17/h3-5,9-12,14,16H,6-8,13,15H2,1-2H3,(H,23,26)(H,24,27)/t16-/m0/s1. The van der Waals surface area contributed by atoms with Crippen molar-refractivity contribution in [2.75, 3.05) is 30.8 Å². The van der Waals surface area contributed by atoms with Crippen LogP contribution in [-0.4, -0.2) is 43.0 Å². The van der Waals surface area contributed by atoms with Gasteiger partial charge in [-0.1, -0.05) is 24.6 Å². The van der Waals surface area contributed by atoms with Gasteiger partial charge in [-0.25, -0.2) is 0 Å². The van der Waals surface area contributed by atoms with E-state index in [0.717, 1.165) is 19.4 Å². The highest BCUT2D eigenvalue weighted by Gasteiger charge is 2.20. The van der Waals surface area contributed by atoms with Gasteiger partial charge in [-0.15, -0.1) is 0 Å². The van der Waals surface area contributed by atoms with E-state index in [-0.39, 0.29) is 11.8 Å². The van der Waals surface area contributed by atoms with Crippen LogP contribution in [0.4, 0.5) is 11.4 Å². The van der Waals surface area contributed by atoms with E-state index in [1.54, 1.807) is 37.4 Å². The van der Waals surface area contributed by atoms with Crippen LogP contribution >= 0.6 is 0 Å². The van der Waals surface area contributed by atoms with E-state index >= 15 is 0 Å². The minimum Gasteiger partial charge on any atom is -0.495 e. The van der Waals surface area contributed by atoms with Crippen LogP contribution in [0.2, 0.25) is 0 Å². The zero-order valence-corrected chi connectivity index (χ0v) is 16.4. The Morgan fingerprint density at radius 3 is 2.61 bits per heavy atom. The highest BCUT2D eigenvalue weighted by molar-refractivity contribution is 6.05. The minimum atomic E-state index is -0.232. The Morgan fingerprint density at radius 1 is 1.11 bits per heavy atom. The Labute approximate surface area is 165 Å². The second kappa shape index (κ2) is 9.37. The number of carbonyl (C=O) groups excluding carboxylic acids is 2. The normalized spacial score (nSPS) is 17.0. The van der Waals surface area contributed by atoms with Crippen LogP contribution < -0.4 is 15.4 Å². The summed E-state index contributed by atoms with van der Waals surface area (Å²) < 4.78 is 5.34. The Morgan fingerprint density at radius 2 is 1.89 bits per heavy atom. The largest absolute Gasteiger partial charge is 0.495 e. The maximum absolute atomic E-state index is 12.5. The van der Waals surface area contributed by atoms with Crippen LogP contribution in [0.3, 0.4) is 0 Å². The van der Waals surface area contributed by atoms with Crippen LogP contribution in [0.5, 0.6) is 5.75 Å². The summed E-state index contributed by atoms with van der Waals surface area (Å²) >= 11 is 0. The second-order valence-electron chi connectivity index (χ2n) is 7.10. The fourth-order valence-electron chi connectivity index (χ4n) is 3.44. The third-order valence-electron chi connectivity index (χ3n) is 5.05. The number of hydrogen-bond donors (Lipinski definition) is 2. The average Bonchev–Trinajstić information content (AvgIpc) is 2.70. The first-order valence-corrected chi connectivity index (χ1v) is 9.65. The van der Waals surface area contributed by atoms with Crippen LogP contribution in [0.1, 0.15) is 36.5 Å².